The van der Waals surface area contributed by atoms with E-state index in [4.69, 9.17) is 10.8 Å². The molecule has 2 aromatic rings. The number of aromatic amines is 1. The number of tetrazole rings is 1. The van der Waals surface area contributed by atoms with E-state index in [1.54, 1.807) is 0 Å². The monoisotopic (exact) mass is 261 g/mol. The van der Waals surface area contributed by atoms with Crippen molar-refractivity contribution in [3.63, 3.8) is 0 Å². The van der Waals surface area contributed by atoms with E-state index in [1.807, 2.05) is 31.2 Å². The van der Waals surface area contributed by atoms with Crippen molar-refractivity contribution >= 4 is 5.97 Å². The highest BCUT2D eigenvalue weighted by Crippen LogP contribution is 2.22. The molecule has 0 saturated heterocycles. The van der Waals surface area contributed by atoms with Crippen LogP contribution in [0.1, 0.15) is 12.5 Å². The molecule has 2 rings (SSSR count). The summed E-state index contributed by atoms with van der Waals surface area (Å²) >= 11 is 0. The first-order valence-corrected chi connectivity index (χ1v) is 5.89. The van der Waals surface area contributed by atoms with Crippen molar-refractivity contribution in [2.45, 2.75) is 19.4 Å². The number of aromatic nitrogens is 4. The first-order valence-electron chi connectivity index (χ1n) is 5.89. The maximum absolute atomic E-state index is 10.9. The third kappa shape index (κ3) is 2.94. The van der Waals surface area contributed by atoms with Gasteiger partial charge in [-0.05, 0) is 23.1 Å². The summed E-state index contributed by atoms with van der Waals surface area (Å²) in [6.07, 6.45) is 0.540. The van der Waals surface area contributed by atoms with Crippen LogP contribution >= 0.6 is 0 Å². The zero-order valence-electron chi connectivity index (χ0n) is 10.4. The van der Waals surface area contributed by atoms with Gasteiger partial charge in [0.05, 0.1) is 0 Å². The van der Waals surface area contributed by atoms with Gasteiger partial charge in [-0.2, -0.15) is 5.21 Å². The van der Waals surface area contributed by atoms with Gasteiger partial charge in [0.15, 0.2) is 0 Å². The summed E-state index contributed by atoms with van der Waals surface area (Å²) in [6.45, 7) is 1.81. The molecule has 1 heterocycles. The van der Waals surface area contributed by atoms with Gasteiger partial charge in [0, 0.05) is 5.56 Å². The molecule has 0 bridgehead atoms. The predicted molar refractivity (Wildman–Crippen MR) is 68.1 cm³/mol. The van der Waals surface area contributed by atoms with Crippen molar-refractivity contribution in [1.82, 2.24) is 20.6 Å². The van der Waals surface area contributed by atoms with Crippen molar-refractivity contribution in [2.75, 3.05) is 0 Å². The van der Waals surface area contributed by atoms with Gasteiger partial charge in [0.1, 0.15) is 6.04 Å². The Balaban J connectivity index is 2.24. The third-order valence-electron chi connectivity index (χ3n) is 3.04. The highest BCUT2D eigenvalue weighted by atomic mass is 16.4. The summed E-state index contributed by atoms with van der Waals surface area (Å²) in [4.78, 5) is 10.9. The van der Waals surface area contributed by atoms with Gasteiger partial charge in [0.2, 0.25) is 5.82 Å². The molecule has 0 amide bonds. The van der Waals surface area contributed by atoms with E-state index in [1.165, 1.54) is 0 Å². The molecule has 0 saturated carbocycles. The number of hydrogen-bond donors (Lipinski definition) is 3. The molecule has 19 heavy (non-hydrogen) atoms. The summed E-state index contributed by atoms with van der Waals surface area (Å²) in [5, 5.41) is 22.7. The number of aliphatic carboxylic acids is 1. The van der Waals surface area contributed by atoms with Gasteiger partial charge in [-0.15, -0.1) is 10.2 Å². The number of hydrogen-bond acceptors (Lipinski definition) is 5. The number of carboxylic acids is 1. The zero-order chi connectivity index (χ0) is 13.8. The van der Waals surface area contributed by atoms with Gasteiger partial charge in [-0.25, -0.2) is 0 Å². The first-order chi connectivity index (χ1) is 9.09. The van der Waals surface area contributed by atoms with Crippen molar-refractivity contribution in [3.05, 3.63) is 29.8 Å². The fraction of sp³-hybridized carbons (Fsp3) is 0.333. The minimum Gasteiger partial charge on any atom is -0.480 e. The molecule has 100 valence electrons. The number of H-pyrrole nitrogens is 1. The molecule has 0 fully saturated rings. The number of carbonyl (C=O) groups is 1. The topological polar surface area (TPSA) is 118 Å². The lowest BCUT2D eigenvalue weighted by atomic mass is 9.92. The van der Waals surface area contributed by atoms with Gasteiger partial charge in [0.25, 0.3) is 0 Å². The Kier molecular flexibility index (Phi) is 3.86. The summed E-state index contributed by atoms with van der Waals surface area (Å²) < 4.78 is 0. The number of nitrogens with zero attached hydrogens (tertiary/aromatic N) is 3. The van der Waals surface area contributed by atoms with E-state index < -0.39 is 12.0 Å². The Morgan fingerprint density at radius 2 is 2.21 bits per heavy atom. The van der Waals surface area contributed by atoms with Crippen molar-refractivity contribution in [3.8, 4) is 11.4 Å². The normalized spacial score (nSPS) is 14.0. The fourth-order valence-electron chi connectivity index (χ4n) is 1.91. The smallest absolute Gasteiger partial charge is 0.320 e. The largest absolute Gasteiger partial charge is 0.480 e. The lowest BCUT2D eigenvalue weighted by molar-refractivity contribution is -0.139. The summed E-state index contributed by atoms with van der Waals surface area (Å²) in [5.74, 6) is -0.693. The molecule has 4 N–H and O–H groups in total. The molecule has 0 aliphatic heterocycles. The second kappa shape index (κ2) is 5.57. The molecule has 1 unspecified atom stereocenters. The van der Waals surface area contributed by atoms with E-state index in [0.29, 0.717) is 12.2 Å². The van der Waals surface area contributed by atoms with Crippen molar-refractivity contribution < 1.29 is 9.90 Å². The minimum absolute atomic E-state index is 0.189. The highest BCUT2D eigenvalue weighted by Gasteiger charge is 2.21. The molecular weight excluding hydrogens is 246 g/mol. The van der Waals surface area contributed by atoms with Crippen LogP contribution < -0.4 is 5.73 Å². The Bertz CT molecular complexity index is 555. The number of nitrogens with two attached hydrogens (primary N) is 1. The van der Waals surface area contributed by atoms with E-state index in [2.05, 4.69) is 20.6 Å². The second-order valence-corrected chi connectivity index (χ2v) is 4.44. The Labute approximate surface area is 109 Å². The summed E-state index contributed by atoms with van der Waals surface area (Å²) in [5.41, 5.74) is 7.41. The van der Waals surface area contributed by atoms with Crippen LogP contribution in [0.5, 0.6) is 0 Å². The van der Waals surface area contributed by atoms with Gasteiger partial charge in [-0.1, -0.05) is 31.2 Å². The Morgan fingerprint density at radius 1 is 1.47 bits per heavy atom. The van der Waals surface area contributed by atoms with E-state index in [-0.39, 0.29) is 5.92 Å². The summed E-state index contributed by atoms with van der Waals surface area (Å²) in [6, 6.07) is 6.66. The second-order valence-electron chi connectivity index (χ2n) is 4.44. The molecule has 2 atom stereocenters. The van der Waals surface area contributed by atoms with Gasteiger partial charge < -0.3 is 10.8 Å². The highest BCUT2D eigenvalue weighted by molar-refractivity contribution is 5.73. The molecule has 0 aliphatic rings. The molecule has 7 nitrogen and oxygen atoms in total. The average molecular weight is 261 g/mol. The fourth-order valence-corrected chi connectivity index (χ4v) is 1.91. The quantitative estimate of drug-likeness (QED) is 0.719. The average Bonchev–Trinajstić information content (AvgIpc) is 2.92. The van der Waals surface area contributed by atoms with Crippen molar-refractivity contribution in [1.29, 1.82) is 0 Å². The number of benzene rings is 1. The van der Waals surface area contributed by atoms with Crippen LogP contribution in [0.4, 0.5) is 0 Å². The minimum atomic E-state index is -0.996. The molecule has 1 aromatic heterocycles. The van der Waals surface area contributed by atoms with Crippen LogP contribution in [-0.4, -0.2) is 37.7 Å². The first kappa shape index (κ1) is 13.2. The van der Waals surface area contributed by atoms with Crippen LogP contribution in [0.2, 0.25) is 0 Å². The van der Waals surface area contributed by atoms with Gasteiger partial charge >= 0.3 is 5.97 Å². The van der Waals surface area contributed by atoms with Crippen LogP contribution in [0.3, 0.4) is 0 Å². The molecule has 0 radical (unpaired) electrons. The molecular formula is C12H15N5O2. The maximum atomic E-state index is 10.9. The van der Waals surface area contributed by atoms with Crippen molar-refractivity contribution in [2.24, 2.45) is 11.7 Å². The van der Waals surface area contributed by atoms with E-state index >= 15 is 0 Å². The lowest BCUT2D eigenvalue weighted by Gasteiger charge is -2.17. The molecule has 0 spiro atoms. The zero-order valence-corrected chi connectivity index (χ0v) is 10.4. The third-order valence-corrected chi connectivity index (χ3v) is 3.04. The maximum Gasteiger partial charge on any atom is 0.320 e. The number of nitrogens with one attached hydrogen (secondary N) is 1. The van der Waals surface area contributed by atoms with Crippen LogP contribution in [0, 0.1) is 5.92 Å². The van der Waals surface area contributed by atoms with Gasteiger partial charge in [-0.3, -0.25) is 4.79 Å². The molecule has 7 heteroatoms. The predicted octanol–water partition coefficient (Wildman–Crippen LogP) is 0.457. The molecule has 1 aromatic carbocycles. The SMILES string of the molecule is CC(Cc1ccccc1-c1nn[nH]n1)[C@H](N)C(=O)O. The van der Waals surface area contributed by atoms with Crippen LogP contribution in [0.25, 0.3) is 11.4 Å². The number of rotatable bonds is 5. The lowest BCUT2D eigenvalue weighted by Crippen LogP contribution is -2.37. The van der Waals surface area contributed by atoms with E-state index in [0.717, 1.165) is 11.1 Å². The summed E-state index contributed by atoms with van der Waals surface area (Å²) in [7, 11) is 0. The van der Waals surface area contributed by atoms with E-state index in [9.17, 15) is 4.79 Å². The molecule has 0 aliphatic carbocycles. The van der Waals surface area contributed by atoms with Crippen LogP contribution in [-0.2, 0) is 11.2 Å². The number of carboxylic acid groups (broad SMARTS) is 1. The standard InChI is InChI=1S/C12H15N5O2/c1-7(10(13)12(18)19)6-8-4-2-3-5-9(8)11-14-16-17-15-11/h2-5,7,10H,6,13H2,1H3,(H,18,19)(H,14,15,16,17)/t7?,10-/m0/s1. The van der Waals surface area contributed by atoms with Crippen LogP contribution in [0.15, 0.2) is 24.3 Å². The Hall–Kier alpha value is -2.28. The Morgan fingerprint density at radius 3 is 2.84 bits per heavy atom.